The van der Waals surface area contributed by atoms with E-state index in [9.17, 15) is 8.78 Å². The number of furan rings is 1. The Morgan fingerprint density at radius 3 is 2.53 bits per heavy atom. The predicted octanol–water partition coefficient (Wildman–Crippen LogP) is 3.18. The van der Waals surface area contributed by atoms with Gasteiger partial charge in [0.05, 0.1) is 12.3 Å². The van der Waals surface area contributed by atoms with Gasteiger partial charge >= 0.3 is 0 Å². The highest BCUT2D eigenvalue weighted by Gasteiger charge is 2.20. The summed E-state index contributed by atoms with van der Waals surface area (Å²) < 4.78 is 32.0. The second-order valence-corrected chi connectivity index (χ2v) is 3.82. The third-order valence-corrected chi connectivity index (χ3v) is 2.77. The Hall–Kier alpha value is -1.68. The van der Waals surface area contributed by atoms with Crippen LogP contribution in [0.25, 0.3) is 0 Å². The van der Waals surface area contributed by atoms with Crippen molar-refractivity contribution in [3.8, 4) is 0 Å². The van der Waals surface area contributed by atoms with Crippen molar-refractivity contribution in [3.05, 3.63) is 59.1 Å². The third-order valence-electron chi connectivity index (χ3n) is 2.77. The molecule has 4 heteroatoms. The van der Waals surface area contributed by atoms with Crippen molar-refractivity contribution in [2.45, 2.75) is 13.0 Å². The maximum atomic E-state index is 13.7. The lowest BCUT2D eigenvalue weighted by molar-refractivity contribution is 0.516. The molecule has 0 fully saturated rings. The smallest absolute Gasteiger partial charge is 0.128 e. The number of hydrogen-bond donors (Lipinski definition) is 1. The van der Waals surface area contributed by atoms with Gasteiger partial charge in [-0.25, -0.2) is 8.78 Å². The lowest BCUT2D eigenvalue weighted by Gasteiger charge is -2.16. The van der Waals surface area contributed by atoms with E-state index in [1.54, 1.807) is 20.0 Å². The first kappa shape index (κ1) is 11.8. The standard InChI is InChI=1S/C13H13F2NO/c1-8-10(5-6-17-8)13(16-2)11-7-9(14)3-4-12(11)15/h3-7,13,16H,1-2H3. The van der Waals surface area contributed by atoms with Gasteiger partial charge in [0, 0.05) is 11.1 Å². The third kappa shape index (κ3) is 2.22. The fourth-order valence-electron chi connectivity index (χ4n) is 1.91. The molecule has 1 aromatic carbocycles. The molecule has 0 aliphatic carbocycles. The van der Waals surface area contributed by atoms with E-state index in [0.717, 1.165) is 17.7 Å². The molecule has 2 rings (SSSR count). The number of hydrogen-bond acceptors (Lipinski definition) is 2. The maximum Gasteiger partial charge on any atom is 0.128 e. The Kier molecular flexibility index (Phi) is 3.24. The number of rotatable bonds is 3. The van der Waals surface area contributed by atoms with Crippen LogP contribution in [-0.2, 0) is 0 Å². The molecule has 1 aromatic heterocycles. The average molecular weight is 237 g/mol. The molecule has 1 heterocycles. The van der Waals surface area contributed by atoms with Crippen molar-refractivity contribution >= 4 is 0 Å². The van der Waals surface area contributed by atoms with Gasteiger partial charge in [-0.15, -0.1) is 0 Å². The molecule has 0 amide bonds. The van der Waals surface area contributed by atoms with Gasteiger partial charge in [0.15, 0.2) is 0 Å². The minimum atomic E-state index is -0.456. The monoisotopic (exact) mass is 237 g/mol. The van der Waals surface area contributed by atoms with Crippen molar-refractivity contribution in [3.63, 3.8) is 0 Å². The van der Waals surface area contributed by atoms with Crippen LogP contribution in [0, 0.1) is 18.6 Å². The molecule has 0 saturated heterocycles. The second kappa shape index (κ2) is 4.67. The van der Waals surface area contributed by atoms with E-state index < -0.39 is 17.7 Å². The van der Waals surface area contributed by atoms with Gasteiger partial charge in [0.2, 0.25) is 0 Å². The van der Waals surface area contributed by atoms with E-state index in [-0.39, 0.29) is 5.56 Å². The normalized spacial score (nSPS) is 12.7. The molecule has 2 nitrogen and oxygen atoms in total. The summed E-state index contributed by atoms with van der Waals surface area (Å²) in [7, 11) is 1.70. The summed E-state index contributed by atoms with van der Waals surface area (Å²) in [6, 6.07) is 4.77. The van der Waals surface area contributed by atoms with Crippen LogP contribution in [0.3, 0.4) is 0 Å². The molecule has 1 unspecified atom stereocenters. The van der Waals surface area contributed by atoms with Crippen LogP contribution in [0.4, 0.5) is 8.78 Å². The molecule has 0 aliphatic heterocycles. The molecule has 0 radical (unpaired) electrons. The van der Waals surface area contributed by atoms with Crippen LogP contribution in [0.15, 0.2) is 34.9 Å². The Balaban J connectivity index is 2.49. The fourth-order valence-corrected chi connectivity index (χ4v) is 1.91. The summed E-state index contributed by atoms with van der Waals surface area (Å²) in [5.74, 6) is -0.206. The molecule has 1 N–H and O–H groups in total. The summed E-state index contributed by atoms with van der Waals surface area (Å²) in [5, 5.41) is 2.96. The first-order valence-corrected chi connectivity index (χ1v) is 5.29. The molecule has 0 aliphatic rings. The molecule has 0 spiro atoms. The van der Waals surface area contributed by atoms with Gasteiger partial charge in [-0.1, -0.05) is 0 Å². The van der Waals surface area contributed by atoms with Gasteiger partial charge in [-0.2, -0.15) is 0 Å². The van der Waals surface area contributed by atoms with Crippen molar-refractivity contribution in [2.24, 2.45) is 0 Å². The van der Waals surface area contributed by atoms with Crippen LogP contribution >= 0.6 is 0 Å². The Bertz CT molecular complexity index is 522. The summed E-state index contributed by atoms with van der Waals surface area (Å²) in [5.41, 5.74) is 1.08. The largest absolute Gasteiger partial charge is 0.469 e. The van der Waals surface area contributed by atoms with E-state index in [1.807, 2.05) is 0 Å². The average Bonchev–Trinajstić information content (AvgIpc) is 2.71. The first-order valence-electron chi connectivity index (χ1n) is 5.29. The number of aryl methyl sites for hydroxylation is 1. The topological polar surface area (TPSA) is 25.2 Å². The Labute approximate surface area is 98.3 Å². The zero-order valence-corrected chi connectivity index (χ0v) is 9.63. The lowest BCUT2D eigenvalue weighted by Crippen LogP contribution is -2.19. The molecule has 0 bridgehead atoms. The fraction of sp³-hybridized carbons (Fsp3) is 0.231. The number of benzene rings is 1. The van der Waals surface area contributed by atoms with Gasteiger partial charge in [-0.3, -0.25) is 0 Å². The van der Waals surface area contributed by atoms with Gasteiger partial charge in [0.1, 0.15) is 17.4 Å². The zero-order valence-electron chi connectivity index (χ0n) is 9.63. The van der Waals surface area contributed by atoms with Gasteiger partial charge in [0.25, 0.3) is 0 Å². The van der Waals surface area contributed by atoms with E-state index in [0.29, 0.717) is 5.76 Å². The van der Waals surface area contributed by atoms with Crippen LogP contribution in [0.2, 0.25) is 0 Å². The van der Waals surface area contributed by atoms with E-state index >= 15 is 0 Å². The highest BCUT2D eigenvalue weighted by atomic mass is 19.1. The molecule has 2 aromatic rings. The van der Waals surface area contributed by atoms with Gasteiger partial charge in [-0.05, 0) is 38.2 Å². The summed E-state index contributed by atoms with van der Waals surface area (Å²) in [4.78, 5) is 0. The van der Waals surface area contributed by atoms with E-state index in [4.69, 9.17) is 4.42 Å². The molecule has 90 valence electrons. The van der Waals surface area contributed by atoms with Crippen molar-refractivity contribution in [1.29, 1.82) is 0 Å². The highest BCUT2D eigenvalue weighted by molar-refractivity contribution is 5.34. The molecule has 0 saturated carbocycles. The SMILES string of the molecule is CNC(c1cc(F)ccc1F)c1ccoc1C. The maximum absolute atomic E-state index is 13.7. The lowest BCUT2D eigenvalue weighted by atomic mass is 9.99. The highest BCUT2D eigenvalue weighted by Crippen LogP contribution is 2.27. The quantitative estimate of drug-likeness (QED) is 0.887. The van der Waals surface area contributed by atoms with E-state index in [1.165, 1.54) is 12.3 Å². The van der Waals surface area contributed by atoms with E-state index in [2.05, 4.69) is 5.32 Å². The zero-order chi connectivity index (χ0) is 12.4. The Morgan fingerprint density at radius 1 is 1.18 bits per heavy atom. The summed E-state index contributed by atoms with van der Waals surface area (Å²) in [6.07, 6.45) is 1.53. The van der Waals surface area contributed by atoms with Gasteiger partial charge < -0.3 is 9.73 Å². The number of halogens is 2. The molecule has 17 heavy (non-hydrogen) atoms. The van der Waals surface area contributed by atoms with Crippen molar-refractivity contribution in [1.82, 2.24) is 5.32 Å². The van der Waals surface area contributed by atoms with Crippen LogP contribution in [-0.4, -0.2) is 7.05 Å². The molecule has 1 atom stereocenters. The van der Waals surface area contributed by atoms with Crippen LogP contribution < -0.4 is 5.32 Å². The van der Waals surface area contributed by atoms with Crippen LogP contribution in [0.1, 0.15) is 22.9 Å². The van der Waals surface area contributed by atoms with Crippen molar-refractivity contribution in [2.75, 3.05) is 7.05 Å². The minimum absolute atomic E-state index is 0.275. The second-order valence-electron chi connectivity index (χ2n) is 3.82. The van der Waals surface area contributed by atoms with Crippen LogP contribution in [0.5, 0.6) is 0 Å². The minimum Gasteiger partial charge on any atom is -0.469 e. The summed E-state index contributed by atoms with van der Waals surface area (Å²) in [6.45, 7) is 1.79. The number of nitrogens with one attached hydrogen (secondary N) is 1. The molecular weight excluding hydrogens is 224 g/mol. The van der Waals surface area contributed by atoms with Crippen molar-refractivity contribution < 1.29 is 13.2 Å². The first-order chi connectivity index (χ1) is 8.13. The predicted molar refractivity (Wildman–Crippen MR) is 60.7 cm³/mol. The molecular formula is C13H13F2NO. The Morgan fingerprint density at radius 2 is 1.94 bits per heavy atom. The summed E-state index contributed by atoms with van der Waals surface area (Å²) >= 11 is 0.